The molecular formula is C16H17ClN4O. The molecule has 0 saturated heterocycles. The van der Waals surface area contributed by atoms with E-state index in [-0.39, 0.29) is 6.61 Å². The van der Waals surface area contributed by atoms with Crippen molar-refractivity contribution in [1.29, 1.82) is 0 Å². The predicted octanol–water partition coefficient (Wildman–Crippen LogP) is 3.10. The lowest BCUT2D eigenvalue weighted by Gasteiger charge is -2.18. The molecule has 2 heterocycles. The molecule has 0 aliphatic heterocycles. The number of H-pyrrole nitrogens is 1. The number of hydrogen-bond donors (Lipinski definition) is 2. The van der Waals surface area contributed by atoms with Gasteiger partial charge in [0.15, 0.2) is 0 Å². The summed E-state index contributed by atoms with van der Waals surface area (Å²) in [6.45, 7) is 0.888. The van der Waals surface area contributed by atoms with Gasteiger partial charge in [-0.3, -0.25) is 0 Å². The average Bonchev–Trinajstić information content (AvgIpc) is 2.96. The molecule has 6 heteroatoms. The molecule has 5 nitrogen and oxygen atoms in total. The van der Waals surface area contributed by atoms with Gasteiger partial charge in [-0.25, -0.2) is 9.97 Å². The summed E-state index contributed by atoms with van der Waals surface area (Å²) in [5.74, 6) is 1.53. The largest absolute Gasteiger partial charge is 0.396 e. The van der Waals surface area contributed by atoms with Crippen molar-refractivity contribution in [1.82, 2.24) is 15.0 Å². The molecule has 0 aliphatic carbocycles. The van der Waals surface area contributed by atoms with Crippen LogP contribution in [0.1, 0.15) is 6.42 Å². The Balaban J connectivity index is 1.98. The third-order valence-corrected chi connectivity index (χ3v) is 3.83. The monoisotopic (exact) mass is 316 g/mol. The first-order valence-electron chi connectivity index (χ1n) is 7.11. The van der Waals surface area contributed by atoms with Crippen LogP contribution >= 0.6 is 11.6 Å². The summed E-state index contributed by atoms with van der Waals surface area (Å²) in [7, 11) is 1.94. The molecule has 2 N–H and O–H groups in total. The molecule has 0 atom stereocenters. The van der Waals surface area contributed by atoms with E-state index in [1.165, 1.54) is 0 Å². The zero-order chi connectivity index (χ0) is 15.5. The smallest absolute Gasteiger partial charge is 0.140 e. The Morgan fingerprint density at radius 1 is 1.32 bits per heavy atom. The zero-order valence-corrected chi connectivity index (χ0v) is 13.0. The second-order valence-corrected chi connectivity index (χ2v) is 5.53. The number of anilines is 1. The summed E-state index contributed by atoms with van der Waals surface area (Å²) in [6, 6.07) is 9.77. The summed E-state index contributed by atoms with van der Waals surface area (Å²) < 4.78 is 0. The van der Waals surface area contributed by atoms with Crippen LogP contribution in [0, 0.1) is 0 Å². The van der Waals surface area contributed by atoms with Gasteiger partial charge in [-0.1, -0.05) is 23.7 Å². The maximum atomic E-state index is 8.94. The molecule has 0 bridgehead atoms. The molecule has 0 unspecified atom stereocenters. The van der Waals surface area contributed by atoms with Crippen LogP contribution in [-0.2, 0) is 0 Å². The van der Waals surface area contributed by atoms with Crippen LogP contribution in [0.2, 0.25) is 5.02 Å². The molecule has 0 fully saturated rings. The molecule has 22 heavy (non-hydrogen) atoms. The normalized spacial score (nSPS) is 11.0. The van der Waals surface area contributed by atoms with Crippen LogP contribution in [0.25, 0.3) is 22.4 Å². The quantitative estimate of drug-likeness (QED) is 0.759. The highest BCUT2D eigenvalue weighted by molar-refractivity contribution is 6.33. The second kappa shape index (κ2) is 6.34. The number of aliphatic hydroxyl groups is 1. The Kier molecular flexibility index (Phi) is 4.27. The van der Waals surface area contributed by atoms with E-state index in [9.17, 15) is 0 Å². The molecule has 1 aromatic carbocycles. The molecule has 2 aromatic heterocycles. The van der Waals surface area contributed by atoms with Gasteiger partial charge in [0, 0.05) is 32.0 Å². The number of para-hydroxylation sites is 2. The van der Waals surface area contributed by atoms with Crippen LogP contribution < -0.4 is 4.90 Å². The minimum Gasteiger partial charge on any atom is -0.396 e. The molecule has 0 radical (unpaired) electrons. The first-order valence-corrected chi connectivity index (χ1v) is 7.49. The van der Waals surface area contributed by atoms with E-state index in [2.05, 4.69) is 15.0 Å². The number of benzene rings is 1. The number of aliphatic hydroxyl groups excluding tert-OH is 1. The average molecular weight is 317 g/mol. The van der Waals surface area contributed by atoms with Crippen LogP contribution in [0.15, 0.2) is 36.5 Å². The SMILES string of the molecule is CN(CCCO)c1cc(-c2nc3ccccc3[nH]2)c(Cl)cn1. The molecule has 0 amide bonds. The minimum absolute atomic E-state index is 0.161. The lowest BCUT2D eigenvalue weighted by atomic mass is 10.2. The van der Waals surface area contributed by atoms with Crippen molar-refractivity contribution in [3.05, 3.63) is 41.6 Å². The standard InChI is InChI=1S/C16H17ClN4O/c1-21(7-4-8-22)15-9-11(12(17)10-18-15)16-19-13-5-2-3-6-14(13)20-16/h2-3,5-6,9-10,22H,4,7-8H2,1H3,(H,19,20). The first-order chi connectivity index (χ1) is 10.7. The number of aromatic amines is 1. The van der Waals surface area contributed by atoms with Gasteiger partial charge >= 0.3 is 0 Å². The Morgan fingerprint density at radius 2 is 2.14 bits per heavy atom. The lowest BCUT2D eigenvalue weighted by molar-refractivity contribution is 0.290. The third kappa shape index (κ3) is 2.91. The van der Waals surface area contributed by atoms with Crippen LogP contribution in [-0.4, -0.2) is 40.3 Å². The number of nitrogens with one attached hydrogen (secondary N) is 1. The van der Waals surface area contributed by atoms with Crippen LogP contribution in [0.4, 0.5) is 5.82 Å². The van der Waals surface area contributed by atoms with Crippen molar-refractivity contribution in [2.45, 2.75) is 6.42 Å². The summed E-state index contributed by atoms with van der Waals surface area (Å²) in [5, 5.41) is 9.49. The van der Waals surface area contributed by atoms with Crippen molar-refractivity contribution < 1.29 is 5.11 Å². The predicted molar refractivity (Wildman–Crippen MR) is 89.3 cm³/mol. The fourth-order valence-electron chi connectivity index (χ4n) is 2.32. The first kappa shape index (κ1) is 14.8. The van der Waals surface area contributed by atoms with Crippen molar-refractivity contribution in [3.63, 3.8) is 0 Å². The maximum absolute atomic E-state index is 8.94. The number of hydrogen-bond acceptors (Lipinski definition) is 4. The number of aromatic nitrogens is 3. The Bertz CT molecular complexity index is 754. The van der Waals surface area contributed by atoms with Crippen molar-refractivity contribution >= 4 is 28.5 Å². The molecule has 0 aliphatic rings. The lowest BCUT2D eigenvalue weighted by Crippen LogP contribution is -2.20. The number of halogens is 1. The minimum atomic E-state index is 0.161. The van der Waals surface area contributed by atoms with E-state index < -0.39 is 0 Å². The maximum Gasteiger partial charge on any atom is 0.140 e. The fourth-order valence-corrected chi connectivity index (χ4v) is 2.51. The van der Waals surface area contributed by atoms with Gasteiger partial charge in [-0.05, 0) is 24.6 Å². The van der Waals surface area contributed by atoms with Gasteiger partial charge in [0.2, 0.25) is 0 Å². The Hall–Kier alpha value is -2.11. The molecule has 3 rings (SSSR count). The van der Waals surface area contributed by atoms with E-state index in [0.29, 0.717) is 11.4 Å². The summed E-state index contributed by atoms with van der Waals surface area (Å²) in [4.78, 5) is 14.2. The highest BCUT2D eigenvalue weighted by Crippen LogP contribution is 2.29. The highest BCUT2D eigenvalue weighted by Gasteiger charge is 2.12. The number of fused-ring (bicyclic) bond motifs is 1. The summed E-state index contributed by atoms with van der Waals surface area (Å²) in [6.07, 6.45) is 2.33. The third-order valence-electron chi connectivity index (χ3n) is 3.53. The number of nitrogens with zero attached hydrogens (tertiary/aromatic N) is 3. The van der Waals surface area contributed by atoms with E-state index in [4.69, 9.17) is 16.7 Å². The molecule has 0 spiro atoms. The van der Waals surface area contributed by atoms with Crippen molar-refractivity contribution in [2.75, 3.05) is 25.1 Å². The van der Waals surface area contributed by atoms with Gasteiger partial charge in [0.05, 0.1) is 16.1 Å². The van der Waals surface area contributed by atoms with Gasteiger partial charge < -0.3 is 15.0 Å². The zero-order valence-electron chi connectivity index (χ0n) is 12.3. The van der Waals surface area contributed by atoms with Crippen molar-refractivity contribution in [2.24, 2.45) is 0 Å². The second-order valence-electron chi connectivity index (χ2n) is 5.12. The molecular weight excluding hydrogens is 300 g/mol. The fraction of sp³-hybridized carbons (Fsp3) is 0.250. The van der Waals surface area contributed by atoms with Crippen molar-refractivity contribution in [3.8, 4) is 11.4 Å². The summed E-state index contributed by atoms with van der Waals surface area (Å²) in [5.41, 5.74) is 2.69. The molecule has 3 aromatic rings. The van der Waals surface area contributed by atoms with Crippen LogP contribution in [0.5, 0.6) is 0 Å². The van der Waals surface area contributed by atoms with Gasteiger partial charge in [-0.2, -0.15) is 0 Å². The van der Waals surface area contributed by atoms with E-state index in [1.807, 2.05) is 42.3 Å². The Labute approximate surface area is 133 Å². The number of imidazole rings is 1. The molecule has 114 valence electrons. The summed E-state index contributed by atoms with van der Waals surface area (Å²) >= 11 is 6.29. The van der Waals surface area contributed by atoms with Gasteiger partial charge in [0.1, 0.15) is 11.6 Å². The van der Waals surface area contributed by atoms with E-state index in [1.54, 1.807) is 6.20 Å². The topological polar surface area (TPSA) is 65.0 Å². The molecule has 0 saturated carbocycles. The van der Waals surface area contributed by atoms with Gasteiger partial charge in [0.25, 0.3) is 0 Å². The number of pyridine rings is 1. The van der Waals surface area contributed by atoms with E-state index in [0.717, 1.165) is 34.8 Å². The van der Waals surface area contributed by atoms with E-state index >= 15 is 0 Å². The number of rotatable bonds is 5. The van der Waals surface area contributed by atoms with Crippen LogP contribution in [0.3, 0.4) is 0 Å². The Morgan fingerprint density at radius 3 is 2.91 bits per heavy atom. The highest BCUT2D eigenvalue weighted by atomic mass is 35.5. The van der Waals surface area contributed by atoms with Gasteiger partial charge in [-0.15, -0.1) is 0 Å².